The Morgan fingerprint density at radius 2 is 2.07 bits per heavy atom. The number of β-lactam (4-membered cyclic amide) rings is 1. The smallest absolute Gasteiger partial charge is 0.253 e. The highest BCUT2D eigenvalue weighted by Gasteiger charge is 2.46. The van der Waals surface area contributed by atoms with Gasteiger partial charge in [0.1, 0.15) is 0 Å². The first-order chi connectivity index (χ1) is 6.84. The van der Waals surface area contributed by atoms with Crippen LogP contribution < -0.4 is 5.32 Å². The maximum absolute atomic E-state index is 11.0. The highest BCUT2D eigenvalue weighted by atomic mass is 16.5. The van der Waals surface area contributed by atoms with Crippen LogP contribution in [0.3, 0.4) is 0 Å². The normalized spacial score (nSPS) is 28.3. The van der Waals surface area contributed by atoms with E-state index in [0.717, 1.165) is 5.56 Å². The number of fused-ring (bicyclic) bond motifs is 1. The van der Waals surface area contributed by atoms with E-state index >= 15 is 0 Å². The van der Waals surface area contributed by atoms with Gasteiger partial charge in [0.05, 0.1) is 0 Å². The molecule has 1 saturated heterocycles. The number of carbonyl (C=O) groups excluding carboxylic acids is 1. The molecule has 0 saturated carbocycles. The average Bonchev–Trinajstić information content (AvgIpc) is 2.57. The number of carbonyl (C=O) groups is 1. The van der Waals surface area contributed by atoms with E-state index in [4.69, 9.17) is 4.74 Å². The Labute approximate surface area is 80.6 Å². The topological polar surface area (TPSA) is 50.7 Å². The Balaban J connectivity index is 1.92. The molecule has 1 fully saturated rings. The molecule has 0 aliphatic carbocycles. The van der Waals surface area contributed by atoms with Crippen LogP contribution in [0.5, 0.6) is 0 Å². The van der Waals surface area contributed by atoms with Gasteiger partial charge in [0.25, 0.3) is 5.91 Å². The van der Waals surface area contributed by atoms with Crippen LogP contribution in [0, 0.1) is 0 Å². The third-order valence-corrected chi connectivity index (χ3v) is 2.36. The van der Waals surface area contributed by atoms with E-state index < -0.39 is 0 Å². The SMILES string of the molecule is O=C1N[C@@H]2OC(c3ccccc3)=N[C@H]12. The zero-order chi connectivity index (χ0) is 9.54. The van der Waals surface area contributed by atoms with Crippen LogP contribution in [0.4, 0.5) is 0 Å². The van der Waals surface area contributed by atoms with Crippen LogP contribution in [0.15, 0.2) is 35.3 Å². The number of rotatable bonds is 1. The molecule has 70 valence electrons. The molecule has 2 aliphatic rings. The Hall–Kier alpha value is -1.84. The first kappa shape index (κ1) is 7.55. The molecule has 4 heteroatoms. The van der Waals surface area contributed by atoms with Gasteiger partial charge in [-0.05, 0) is 12.1 Å². The van der Waals surface area contributed by atoms with Crippen LogP contribution in [0.1, 0.15) is 5.56 Å². The van der Waals surface area contributed by atoms with Gasteiger partial charge in [0.2, 0.25) is 12.1 Å². The number of hydrogen-bond acceptors (Lipinski definition) is 3. The maximum atomic E-state index is 11.0. The molecule has 4 nitrogen and oxygen atoms in total. The molecule has 1 aromatic rings. The fourth-order valence-electron chi connectivity index (χ4n) is 1.57. The first-order valence-electron chi connectivity index (χ1n) is 4.45. The van der Waals surface area contributed by atoms with E-state index in [2.05, 4.69) is 10.3 Å². The van der Waals surface area contributed by atoms with Gasteiger partial charge in [-0.25, -0.2) is 4.99 Å². The molecule has 2 heterocycles. The van der Waals surface area contributed by atoms with E-state index in [1.807, 2.05) is 30.3 Å². The van der Waals surface area contributed by atoms with E-state index in [1.165, 1.54) is 0 Å². The monoisotopic (exact) mass is 188 g/mol. The number of nitrogens with one attached hydrogen (secondary N) is 1. The lowest BCUT2D eigenvalue weighted by Crippen LogP contribution is -2.60. The fraction of sp³-hybridized carbons (Fsp3) is 0.200. The molecule has 0 aromatic heterocycles. The standard InChI is InChI=1S/C10H8N2O2/c13-8-7-10(12-8)14-9(11-7)6-4-2-1-3-5-6/h1-5,7,10H,(H,12,13)/t7-,10-/m1/s1. The summed E-state index contributed by atoms with van der Waals surface area (Å²) in [6, 6.07) is 9.25. The summed E-state index contributed by atoms with van der Waals surface area (Å²) in [6.45, 7) is 0. The second-order valence-electron chi connectivity index (χ2n) is 3.29. The molecule has 0 radical (unpaired) electrons. The molecule has 3 rings (SSSR count). The van der Waals surface area contributed by atoms with Gasteiger partial charge in [-0.3, -0.25) is 4.79 Å². The number of ether oxygens (including phenoxy) is 1. The second-order valence-corrected chi connectivity index (χ2v) is 3.29. The molecule has 2 atom stereocenters. The number of benzene rings is 1. The largest absolute Gasteiger partial charge is 0.451 e. The van der Waals surface area contributed by atoms with Crippen molar-refractivity contribution in [1.82, 2.24) is 5.32 Å². The highest BCUT2D eigenvalue weighted by Crippen LogP contribution is 2.22. The summed E-state index contributed by atoms with van der Waals surface area (Å²) < 4.78 is 5.43. The zero-order valence-electron chi connectivity index (χ0n) is 7.31. The van der Waals surface area contributed by atoms with Crippen molar-refractivity contribution in [2.75, 3.05) is 0 Å². The lowest BCUT2D eigenvalue weighted by Gasteiger charge is -2.26. The minimum atomic E-state index is -0.329. The molecular formula is C10H8N2O2. The Morgan fingerprint density at radius 1 is 1.29 bits per heavy atom. The van der Waals surface area contributed by atoms with Crippen molar-refractivity contribution in [2.45, 2.75) is 12.3 Å². The predicted molar refractivity (Wildman–Crippen MR) is 49.8 cm³/mol. The minimum absolute atomic E-state index is 0.0547. The van der Waals surface area contributed by atoms with E-state index in [-0.39, 0.29) is 18.2 Å². The lowest BCUT2D eigenvalue weighted by molar-refractivity contribution is -0.135. The maximum Gasteiger partial charge on any atom is 0.253 e. The lowest BCUT2D eigenvalue weighted by atomic mass is 10.1. The summed E-state index contributed by atoms with van der Waals surface area (Å²) in [7, 11) is 0. The third-order valence-electron chi connectivity index (χ3n) is 2.36. The van der Waals surface area contributed by atoms with E-state index in [0.29, 0.717) is 5.90 Å². The van der Waals surface area contributed by atoms with Gasteiger partial charge in [0, 0.05) is 5.56 Å². The van der Waals surface area contributed by atoms with Crippen molar-refractivity contribution >= 4 is 11.8 Å². The van der Waals surface area contributed by atoms with Crippen molar-refractivity contribution in [3.05, 3.63) is 35.9 Å². The van der Waals surface area contributed by atoms with Crippen molar-refractivity contribution < 1.29 is 9.53 Å². The van der Waals surface area contributed by atoms with Crippen molar-refractivity contribution in [3.8, 4) is 0 Å². The molecule has 1 N–H and O–H groups in total. The summed E-state index contributed by atoms with van der Waals surface area (Å²) in [4.78, 5) is 15.2. The summed E-state index contributed by atoms with van der Waals surface area (Å²) in [5, 5.41) is 2.63. The molecular weight excluding hydrogens is 180 g/mol. The summed E-state index contributed by atoms with van der Waals surface area (Å²) in [6.07, 6.45) is -0.238. The van der Waals surface area contributed by atoms with Gasteiger partial charge in [-0.15, -0.1) is 0 Å². The van der Waals surface area contributed by atoms with Crippen molar-refractivity contribution in [1.29, 1.82) is 0 Å². The number of hydrogen-bond donors (Lipinski definition) is 1. The van der Waals surface area contributed by atoms with E-state index in [9.17, 15) is 4.79 Å². The average molecular weight is 188 g/mol. The molecule has 0 spiro atoms. The van der Waals surface area contributed by atoms with Crippen LogP contribution in [-0.4, -0.2) is 24.1 Å². The highest BCUT2D eigenvalue weighted by molar-refractivity contribution is 6.01. The van der Waals surface area contributed by atoms with E-state index in [1.54, 1.807) is 0 Å². The van der Waals surface area contributed by atoms with Crippen molar-refractivity contribution in [3.63, 3.8) is 0 Å². The summed E-state index contributed by atoms with van der Waals surface area (Å²) in [5.41, 5.74) is 0.913. The minimum Gasteiger partial charge on any atom is -0.451 e. The second kappa shape index (κ2) is 2.57. The fourth-order valence-corrected chi connectivity index (χ4v) is 1.57. The summed E-state index contributed by atoms with van der Waals surface area (Å²) in [5.74, 6) is 0.500. The molecule has 0 unspecified atom stereocenters. The molecule has 1 amide bonds. The Kier molecular flexibility index (Phi) is 1.39. The predicted octanol–water partition coefficient (Wildman–Crippen LogP) is 0.288. The molecule has 1 aromatic carbocycles. The molecule has 2 aliphatic heterocycles. The number of nitrogens with zero attached hydrogens (tertiary/aromatic N) is 1. The van der Waals surface area contributed by atoms with Gasteiger partial charge in [-0.2, -0.15) is 0 Å². The number of amides is 1. The van der Waals surface area contributed by atoms with Crippen LogP contribution in [0.2, 0.25) is 0 Å². The van der Waals surface area contributed by atoms with Crippen LogP contribution in [-0.2, 0) is 9.53 Å². The Morgan fingerprint density at radius 3 is 2.71 bits per heavy atom. The van der Waals surface area contributed by atoms with Crippen LogP contribution in [0.25, 0.3) is 0 Å². The van der Waals surface area contributed by atoms with Crippen LogP contribution >= 0.6 is 0 Å². The van der Waals surface area contributed by atoms with Gasteiger partial charge in [-0.1, -0.05) is 18.2 Å². The molecule has 14 heavy (non-hydrogen) atoms. The van der Waals surface area contributed by atoms with Gasteiger partial charge >= 0.3 is 0 Å². The van der Waals surface area contributed by atoms with Crippen molar-refractivity contribution in [2.24, 2.45) is 4.99 Å². The quantitative estimate of drug-likeness (QED) is 0.644. The zero-order valence-corrected chi connectivity index (χ0v) is 7.31. The first-order valence-corrected chi connectivity index (χ1v) is 4.45. The Bertz CT molecular complexity index is 413. The van der Waals surface area contributed by atoms with Gasteiger partial charge < -0.3 is 10.1 Å². The molecule has 0 bridgehead atoms. The van der Waals surface area contributed by atoms with Gasteiger partial charge in [0.15, 0.2) is 6.04 Å². The number of aliphatic imine (C=N–C) groups is 1. The summed E-state index contributed by atoms with van der Waals surface area (Å²) >= 11 is 0. The third kappa shape index (κ3) is 0.937.